The molecule has 0 saturated carbocycles. The number of carbonyl (C=O) groups is 2. The minimum absolute atomic E-state index is 0.188. The minimum atomic E-state index is -0.579. The van der Waals surface area contributed by atoms with Crippen LogP contribution in [0.1, 0.15) is 27.0 Å². The number of aryl methyl sites for hydroxylation is 2. The van der Waals surface area contributed by atoms with Gasteiger partial charge in [-0.1, -0.05) is 30.3 Å². The number of anilines is 1. The Balaban J connectivity index is 2.03. The predicted molar refractivity (Wildman–Crippen MR) is 81.6 cm³/mol. The molecule has 0 aliphatic rings. The van der Waals surface area contributed by atoms with Gasteiger partial charge in [-0.2, -0.15) is 0 Å². The molecule has 0 saturated heterocycles. The molecule has 0 heterocycles. The van der Waals surface area contributed by atoms with E-state index in [0.29, 0.717) is 11.3 Å². The second-order valence-electron chi connectivity index (χ2n) is 4.83. The van der Waals surface area contributed by atoms with E-state index >= 15 is 0 Å². The maximum Gasteiger partial charge on any atom is 0.411 e. The normalized spacial score (nSPS) is 10.0. The maximum atomic E-state index is 11.8. The van der Waals surface area contributed by atoms with Crippen LogP contribution < -0.4 is 5.32 Å². The first-order valence-electron chi connectivity index (χ1n) is 6.64. The number of rotatable bonds is 4. The van der Waals surface area contributed by atoms with Crippen LogP contribution in [0, 0.1) is 13.8 Å². The zero-order chi connectivity index (χ0) is 15.2. The van der Waals surface area contributed by atoms with Crippen LogP contribution in [0.4, 0.5) is 10.5 Å². The molecule has 21 heavy (non-hydrogen) atoms. The van der Waals surface area contributed by atoms with Gasteiger partial charge < -0.3 is 4.74 Å². The molecule has 1 N–H and O–H groups in total. The molecular weight excluding hydrogens is 266 g/mol. The molecule has 0 unspecified atom stereocenters. The van der Waals surface area contributed by atoms with Crippen LogP contribution in [0.2, 0.25) is 0 Å². The SMILES string of the molecule is Cc1cc(C=O)c(NC(=O)OCc2ccccc2)cc1C. The summed E-state index contributed by atoms with van der Waals surface area (Å²) in [6.45, 7) is 4.03. The lowest BCUT2D eigenvalue weighted by molar-refractivity contribution is 0.112. The highest BCUT2D eigenvalue weighted by atomic mass is 16.5. The van der Waals surface area contributed by atoms with E-state index in [1.165, 1.54) is 0 Å². The van der Waals surface area contributed by atoms with Gasteiger partial charge in [-0.3, -0.25) is 10.1 Å². The van der Waals surface area contributed by atoms with Gasteiger partial charge >= 0.3 is 6.09 Å². The zero-order valence-corrected chi connectivity index (χ0v) is 12.1. The Kier molecular flexibility index (Phi) is 4.72. The smallest absolute Gasteiger partial charge is 0.411 e. The largest absolute Gasteiger partial charge is 0.444 e. The van der Waals surface area contributed by atoms with Crippen LogP contribution in [-0.4, -0.2) is 12.4 Å². The summed E-state index contributed by atoms with van der Waals surface area (Å²) >= 11 is 0. The third-order valence-electron chi connectivity index (χ3n) is 3.24. The van der Waals surface area contributed by atoms with E-state index in [9.17, 15) is 9.59 Å². The van der Waals surface area contributed by atoms with Crippen LogP contribution in [0.3, 0.4) is 0 Å². The van der Waals surface area contributed by atoms with Gasteiger partial charge in [0.15, 0.2) is 6.29 Å². The minimum Gasteiger partial charge on any atom is -0.444 e. The fourth-order valence-corrected chi connectivity index (χ4v) is 1.91. The first-order valence-corrected chi connectivity index (χ1v) is 6.64. The van der Waals surface area contributed by atoms with Crippen molar-refractivity contribution in [3.63, 3.8) is 0 Å². The quantitative estimate of drug-likeness (QED) is 0.867. The maximum absolute atomic E-state index is 11.8. The predicted octanol–water partition coefficient (Wildman–Crippen LogP) is 3.86. The van der Waals surface area contributed by atoms with Gasteiger partial charge in [-0.25, -0.2) is 4.79 Å². The zero-order valence-electron chi connectivity index (χ0n) is 12.1. The van der Waals surface area contributed by atoms with Crippen molar-refractivity contribution >= 4 is 18.1 Å². The molecule has 0 atom stereocenters. The van der Waals surface area contributed by atoms with Crippen molar-refractivity contribution in [3.8, 4) is 0 Å². The van der Waals surface area contributed by atoms with Crippen LogP contribution in [0.15, 0.2) is 42.5 Å². The Morgan fingerprint density at radius 3 is 2.48 bits per heavy atom. The molecule has 2 aromatic rings. The molecule has 2 aromatic carbocycles. The van der Waals surface area contributed by atoms with Crippen molar-refractivity contribution in [2.75, 3.05) is 5.32 Å². The van der Waals surface area contributed by atoms with E-state index < -0.39 is 6.09 Å². The number of hydrogen-bond acceptors (Lipinski definition) is 3. The van der Waals surface area contributed by atoms with Gasteiger partial charge in [0.05, 0.1) is 5.69 Å². The molecule has 0 aromatic heterocycles. The molecule has 2 rings (SSSR count). The highest BCUT2D eigenvalue weighted by molar-refractivity contribution is 5.93. The highest BCUT2D eigenvalue weighted by Gasteiger charge is 2.09. The number of ether oxygens (including phenoxy) is 1. The van der Waals surface area contributed by atoms with Crippen molar-refractivity contribution in [1.29, 1.82) is 0 Å². The molecule has 4 heteroatoms. The van der Waals surface area contributed by atoms with Gasteiger partial charge in [-0.15, -0.1) is 0 Å². The molecule has 0 bridgehead atoms. The summed E-state index contributed by atoms with van der Waals surface area (Å²) < 4.78 is 5.14. The summed E-state index contributed by atoms with van der Waals surface area (Å²) in [6, 6.07) is 12.9. The average molecular weight is 283 g/mol. The van der Waals surface area contributed by atoms with Crippen LogP contribution in [0.25, 0.3) is 0 Å². The lowest BCUT2D eigenvalue weighted by Crippen LogP contribution is -2.15. The van der Waals surface area contributed by atoms with E-state index in [0.717, 1.165) is 23.0 Å². The lowest BCUT2D eigenvalue weighted by Gasteiger charge is -2.11. The van der Waals surface area contributed by atoms with Gasteiger partial charge in [0.2, 0.25) is 0 Å². The van der Waals surface area contributed by atoms with Crippen LogP contribution >= 0.6 is 0 Å². The Labute approximate surface area is 123 Å². The number of benzene rings is 2. The number of nitrogens with one attached hydrogen (secondary N) is 1. The summed E-state index contributed by atoms with van der Waals surface area (Å²) in [4.78, 5) is 22.9. The molecule has 0 aliphatic heterocycles. The third-order valence-corrected chi connectivity index (χ3v) is 3.24. The standard InChI is InChI=1S/C17H17NO3/c1-12-8-15(10-19)16(9-13(12)2)18-17(20)21-11-14-6-4-3-5-7-14/h3-10H,11H2,1-2H3,(H,18,20). The second-order valence-corrected chi connectivity index (χ2v) is 4.83. The first kappa shape index (κ1) is 14.8. The monoisotopic (exact) mass is 283 g/mol. The fraction of sp³-hybridized carbons (Fsp3) is 0.176. The van der Waals surface area contributed by atoms with Gasteiger partial charge in [0.25, 0.3) is 0 Å². The second kappa shape index (κ2) is 6.70. The molecule has 0 radical (unpaired) electrons. The lowest BCUT2D eigenvalue weighted by atomic mass is 10.0. The molecule has 4 nitrogen and oxygen atoms in total. The Bertz CT molecular complexity index is 651. The number of carbonyl (C=O) groups excluding carboxylic acids is 2. The summed E-state index contributed by atoms with van der Waals surface area (Å²) in [7, 11) is 0. The van der Waals surface area contributed by atoms with Crippen molar-refractivity contribution in [2.24, 2.45) is 0 Å². The number of aldehydes is 1. The van der Waals surface area contributed by atoms with E-state index in [1.54, 1.807) is 12.1 Å². The number of hydrogen-bond donors (Lipinski definition) is 1. The molecule has 1 amide bonds. The Hall–Kier alpha value is -2.62. The third kappa shape index (κ3) is 3.92. The van der Waals surface area contributed by atoms with Crippen LogP contribution in [0.5, 0.6) is 0 Å². The number of amides is 1. The van der Waals surface area contributed by atoms with Crippen molar-refractivity contribution in [1.82, 2.24) is 0 Å². The summed E-state index contributed by atoms with van der Waals surface area (Å²) in [5, 5.41) is 2.61. The molecule has 0 fully saturated rings. The average Bonchev–Trinajstić information content (AvgIpc) is 2.49. The van der Waals surface area contributed by atoms with E-state index in [1.807, 2.05) is 44.2 Å². The fourth-order valence-electron chi connectivity index (χ4n) is 1.91. The van der Waals surface area contributed by atoms with Gasteiger partial charge in [0.1, 0.15) is 6.61 Å². The van der Waals surface area contributed by atoms with E-state index in [-0.39, 0.29) is 6.61 Å². The van der Waals surface area contributed by atoms with Crippen molar-refractivity contribution in [3.05, 3.63) is 64.7 Å². The van der Waals surface area contributed by atoms with Crippen LogP contribution in [-0.2, 0) is 11.3 Å². The molecule has 0 spiro atoms. The Morgan fingerprint density at radius 1 is 1.14 bits per heavy atom. The van der Waals surface area contributed by atoms with Gasteiger partial charge in [-0.05, 0) is 42.7 Å². The van der Waals surface area contributed by atoms with Crippen molar-refractivity contribution < 1.29 is 14.3 Å². The first-order chi connectivity index (χ1) is 10.1. The molecule has 108 valence electrons. The topological polar surface area (TPSA) is 55.4 Å². The summed E-state index contributed by atoms with van der Waals surface area (Å²) in [6.07, 6.45) is 0.143. The highest BCUT2D eigenvalue weighted by Crippen LogP contribution is 2.19. The van der Waals surface area contributed by atoms with Crippen molar-refractivity contribution in [2.45, 2.75) is 20.5 Å². The molecule has 0 aliphatic carbocycles. The van der Waals surface area contributed by atoms with Gasteiger partial charge in [0, 0.05) is 5.56 Å². The summed E-state index contributed by atoms with van der Waals surface area (Å²) in [5.74, 6) is 0. The molecular formula is C17H17NO3. The Morgan fingerprint density at radius 2 is 1.81 bits per heavy atom. The summed E-state index contributed by atoms with van der Waals surface area (Å²) in [5.41, 5.74) is 3.81. The van der Waals surface area contributed by atoms with E-state index in [2.05, 4.69) is 5.32 Å². The van der Waals surface area contributed by atoms with E-state index in [4.69, 9.17) is 4.74 Å².